The van der Waals surface area contributed by atoms with E-state index in [-0.39, 0.29) is 11.7 Å². The second kappa shape index (κ2) is 8.12. The van der Waals surface area contributed by atoms with Crippen LogP contribution in [0, 0.1) is 24.6 Å². The smallest absolute Gasteiger partial charge is 0.306 e. The fourth-order valence-electron chi connectivity index (χ4n) is 5.38. The second-order valence-electron chi connectivity index (χ2n) is 9.11. The highest BCUT2D eigenvalue weighted by Crippen LogP contribution is 2.43. The summed E-state index contributed by atoms with van der Waals surface area (Å²) in [4.78, 5) is 11.3. The minimum Gasteiger partial charge on any atom is -0.481 e. The lowest BCUT2D eigenvalue weighted by atomic mass is 9.71. The van der Waals surface area contributed by atoms with Crippen LogP contribution in [0.25, 0.3) is 16.6 Å². The monoisotopic (exact) mass is 421 g/mol. The predicted molar refractivity (Wildman–Crippen MR) is 118 cm³/mol. The Labute approximate surface area is 181 Å². The van der Waals surface area contributed by atoms with E-state index in [2.05, 4.69) is 28.8 Å². The topological polar surface area (TPSA) is 51.5 Å². The molecule has 1 aromatic heterocycles. The molecule has 3 aromatic rings. The number of fused-ring (bicyclic) bond motifs is 1. The first-order chi connectivity index (χ1) is 15.0. The van der Waals surface area contributed by atoms with E-state index in [1.165, 1.54) is 16.6 Å². The first-order valence-corrected chi connectivity index (χ1v) is 11.2. The van der Waals surface area contributed by atoms with Gasteiger partial charge in [-0.3, -0.25) is 4.79 Å². The number of aromatic nitrogens is 1. The summed E-state index contributed by atoms with van der Waals surface area (Å²) in [6, 6.07) is 13.8. The summed E-state index contributed by atoms with van der Waals surface area (Å²) in [6.07, 6.45) is 4.32. The Morgan fingerprint density at radius 1 is 1.16 bits per heavy atom. The molecule has 1 N–H and O–H groups in total. The number of para-hydroxylation sites is 1. The molecule has 0 bridgehead atoms. The Morgan fingerprint density at radius 3 is 2.61 bits per heavy atom. The van der Waals surface area contributed by atoms with Crippen LogP contribution in [-0.4, -0.2) is 28.9 Å². The maximum Gasteiger partial charge on any atom is 0.306 e. The van der Waals surface area contributed by atoms with Gasteiger partial charge in [-0.1, -0.05) is 18.2 Å². The third-order valence-electron chi connectivity index (χ3n) is 7.11. The number of halogens is 1. The van der Waals surface area contributed by atoms with Gasteiger partial charge in [0.25, 0.3) is 0 Å². The highest BCUT2D eigenvalue weighted by Gasteiger charge is 2.36. The third-order valence-corrected chi connectivity index (χ3v) is 7.11. The lowest BCUT2D eigenvalue weighted by molar-refractivity contribution is -0.146. The second-order valence-corrected chi connectivity index (χ2v) is 9.11. The molecule has 2 aromatic carbocycles. The summed E-state index contributed by atoms with van der Waals surface area (Å²) in [5.41, 5.74) is 5.39. The predicted octanol–water partition coefficient (Wildman–Crippen LogP) is 5.63. The van der Waals surface area contributed by atoms with E-state index in [0.717, 1.165) is 56.5 Å². The van der Waals surface area contributed by atoms with Crippen molar-refractivity contribution < 1.29 is 19.0 Å². The van der Waals surface area contributed by atoms with Gasteiger partial charge in [0.15, 0.2) is 0 Å². The number of hydrogen-bond donors (Lipinski definition) is 1. The van der Waals surface area contributed by atoms with E-state index in [0.29, 0.717) is 17.4 Å². The van der Waals surface area contributed by atoms with Crippen LogP contribution in [0.5, 0.6) is 0 Å². The van der Waals surface area contributed by atoms with Crippen LogP contribution in [0.15, 0.2) is 42.5 Å². The number of carbonyl (C=O) groups is 1. The summed E-state index contributed by atoms with van der Waals surface area (Å²) >= 11 is 0. The average molecular weight is 422 g/mol. The van der Waals surface area contributed by atoms with Crippen LogP contribution in [0.2, 0.25) is 0 Å². The van der Waals surface area contributed by atoms with Crippen molar-refractivity contribution in [1.29, 1.82) is 0 Å². The fraction of sp³-hybridized carbons (Fsp3) is 0.423. The molecule has 1 saturated carbocycles. The Morgan fingerprint density at radius 2 is 1.90 bits per heavy atom. The number of hydrogen-bond acceptors (Lipinski definition) is 2. The molecule has 0 spiro atoms. The maximum atomic E-state index is 14.0. The normalized spacial score (nSPS) is 21.9. The van der Waals surface area contributed by atoms with E-state index in [1.54, 1.807) is 13.0 Å². The molecule has 0 unspecified atom stereocenters. The molecule has 0 amide bonds. The number of benzene rings is 2. The number of nitrogens with zero attached hydrogens (tertiary/aromatic N) is 1. The van der Waals surface area contributed by atoms with E-state index in [4.69, 9.17) is 4.74 Å². The maximum absolute atomic E-state index is 14.0. The number of aryl methyl sites for hydroxylation is 1. The molecule has 5 rings (SSSR count). The molecule has 2 fully saturated rings. The van der Waals surface area contributed by atoms with Crippen molar-refractivity contribution in [2.24, 2.45) is 11.8 Å². The Bertz CT molecular complexity index is 1120. The Kier molecular flexibility index (Phi) is 5.30. The van der Waals surface area contributed by atoms with Crippen molar-refractivity contribution in [2.75, 3.05) is 13.2 Å². The zero-order valence-corrected chi connectivity index (χ0v) is 17.8. The van der Waals surface area contributed by atoms with Crippen LogP contribution in [-0.2, 0) is 16.0 Å². The van der Waals surface area contributed by atoms with Gasteiger partial charge in [-0.05, 0) is 80.3 Å². The molecule has 162 valence electrons. The molecule has 2 heterocycles. The van der Waals surface area contributed by atoms with Gasteiger partial charge in [0.05, 0.1) is 11.4 Å². The summed E-state index contributed by atoms with van der Waals surface area (Å²) in [7, 11) is 0. The highest BCUT2D eigenvalue weighted by atomic mass is 19.1. The lowest BCUT2D eigenvalue weighted by Crippen LogP contribution is -2.31. The zero-order valence-electron chi connectivity index (χ0n) is 17.8. The van der Waals surface area contributed by atoms with Crippen molar-refractivity contribution in [1.82, 2.24) is 4.57 Å². The van der Waals surface area contributed by atoms with Gasteiger partial charge in [0.2, 0.25) is 0 Å². The number of aliphatic carboxylic acids is 1. The molecule has 4 nitrogen and oxygen atoms in total. The summed E-state index contributed by atoms with van der Waals surface area (Å²) in [5.74, 6) is -0.303. The lowest BCUT2D eigenvalue weighted by Gasteiger charge is -2.33. The number of ether oxygens (including phenoxy) is 1. The summed E-state index contributed by atoms with van der Waals surface area (Å²) in [5, 5.41) is 10.5. The largest absolute Gasteiger partial charge is 0.481 e. The first-order valence-electron chi connectivity index (χ1n) is 11.2. The van der Waals surface area contributed by atoms with Gasteiger partial charge in [-0.2, -0.15) is 0 Å². The molecule has 2 aliphatic rings. The molecule has 31 heavy (non-hydrogen) atoms. The zero-order chi connectivity index (χ0) is 21.5. The Hall–Kier alpha value is -2.66. The average Bonchev–Trinajstić information content (AvgIpc) is 3.07. The third kappa shape index (κ3) is 3.65. The number of carboxylic acid groups (broad SMARTS) is 1. The standard InChI is InChI=1S/C26H28FNO3/c1-16-12-20(6-7-23(16)27)28-24-5-3-2-4-21(24)22(15-17-13-19(14-17)26(29)30)25(28)18-8-10-31-11-9-18/h2-7,12,17-19H,8-11,13-15H2,1H3,(H,29,30). The van der Waals surface area contributed by atoms with Crippen LogP contribution >= 0.6 is 0 Å². The highest BCUT2D eigenvalue weighted by molar-refractivity contribution is 5.88. The van der Waals surface area contributed by atoms with Crippen molar-refractivity contribution >= 4 is 16.9 Å². The van der Waals surface area contributed by atoms with E-state index < -0.39 is 5.97 Å². The van der Waals surface area contributed by atoms with Gasteiger partial charge in [-0.15, -0.1) is 0 Å². The van der Waals surface area contributed by atoms with Crippen molar-refractivity contribution in [2.45, 2.75) is 44.9 Å². The fourth-order valence-corrected chi connectivity index (χ4v) is 5.38. The summed E-state index contributed by atoms with van der Waals surface area (Å²) < 4.78 is 22.0. The van der Waals surface area contributed by atoms with Crippen molar-refractivity contribution in [3.05, 3.63) is 65.1 Å². The minimum atomic E-state index is -0.676. The molecule has 5 heteroatoms. The Balaban J connectivity index is 1.65. The van der Waals surface area contributed by atoms with E-state index >= 15 is 0 Å². The molecular formula is C26H28FNO3. The van der Waals surface area contributed by atoms with Gasteiger partial charge in [0, 0.05) is 35.9 Å². The number of rotatable bonds is 5. The van der Waals surface area contributed by atoms with Gasteiger partial charge in [0.1, 0.15) is 5.82 Å². The molecule has 0 radical (unpaired) electrons. The van der Waals surface area contributed by atoms with Crippen LogP contribution in [0.1, 0.15) is 48.4 Å². The number of carboxylic acids is 1. The first kappa shape index (κ1) is 20.3. The molecule has 0 atom stereocenters. The molecular weight excluding hydrogens is 393 g/mol. The molecule has 1 aliphatic carbocycles. The quantitative estimate of drug-likeness (QED) is 0.581. The van der Waals surface area contributed by atoms with Crippen LogP contribution in [0.4, 0.5) is 4.39 Å². The summed E-state index contributed by atoms with van der Waals surface area (Å²) in [6.45, 7) is 3.30. The molecule has 1 aliphatic heterocycles. The van der Waals surface area contributed by atoms with Gasteiger partial charge < -0.3 is 14.4 Å². The van der Waals surface area contributed by atoms with Crippen molar-refractivity contribution in [3.63, 3.8) is 0 Å². The molecule has 1 saturated heterocycles. The van der Waals surface area contributed by atoms with Crippen LogP contribution in [0.3, 0.4) is 0 Å². The van der Waals surface area contributed by atoms with Gasteiger partial charge in [-0.25, -0.2) is 4.39 Å². The van der Waals surface area contributed by atoms with E-state index in [9.17, 15) is 14.3 Å². The van der Waals surface area contributed by atoms with E-state index in [1.807, 2.05) is 12.1 Å². The van der Waals surface area contributed by atoms with Crippen LogP contribution < -0.4 is 0 Å². The van der Waals surface area contributed by atoms with Crippen molar-refractivity contribution in [3.8, 4) is 5.69 Å². The minimum absolute atomic E-state index is 0.192. The van der Waals surface area contributed by atoms with Gasteiger partial charge >= 0.3 is 5.97 Å². The SMILES string of the molecule is Cc1cc(-n2c(C3CCOCC3)c(CC3CC(C(=O)O)C3)c3ccccc32)ccc1F.